The number of tetrazole rings is 1. The highest BCUT2D eigenvalue weighted by Crippen LogP contribution is 2.28. The van der Waals surface area contributed by atoms with Crippen molar-refractivity contribution in [1.82, 2.24) is 35.3 Å². The lowest BCUT2D eigenvalue weighted by Gasteiger charge is -2.09. The summed E-state index contributed by atoms with van der Waals surface area (Å²) >= 11 is 0. The van der Waals surface area contributed by atoms with Crippen LogP contribution in [0.25, 0.3) is 0 Å². The zero-order valence-corrected chi connectivity index (χ0v) is 11.1. The SMILES string of the molecule is O=C(Cn1cnnn1)NCc1ccn(C2CCCC2)n1. The molecule has 1 saturated carbocycles. The van der Waals surface area contributed by atoms with Gasteiger partial charge in [-0.2, -0.15) is 5.10 Å². The zero-order valence-electron chi connectivity index (χ0n) is 11.1. The molecule has 3 rings (SSSR count). The molecule has 0 saturated heterocycles. The van der Waals surface area contributed by atoms with Crippen LogP contribution in [0.4, 0.5) is 0 Å². The topological polar surface area (TPSA) is 90.5 Å². The van der Waals surface area contributed by atoms with Gasteiger partial charge >= 0.3 is 0 Å². The summed E-state index contributed by atoms with van der Waals surface area (Å²) in [5.74, 6) is -0.132. The van der Waals surface area contributed by atoms with Gasteiger partial charge in [0, 0.05) is 6.20 Å². The van der Waals surface area contributed by atoms with E-state index in [1.807, 2.05) is 16.9 Å². The van der Waals surface area contributed by atoms with Crippen molar-refractivity contribution in [2.24, 2.45) is 0 Å². The Morgan fingerprint density at radius 1 is 1.40 bits per heavy atom. The van der Waals surface area contributed by atoms with Gasteiger partial charge in [-0.3, -0.25) is 9.48 Å². The van der Waals surface area contributed by atoms with E-state index in [1.165, 1.54) is 36.7 Å². The molecular weight excluding hydrogens is 258 g/mol. The molecule has 1 fully saturated rings. The number of nitrogens with one attached hydrogen (secondary N) is 1. The number of carbonyl (C=O) groups excluding carboxylic acids is 1. The predicted octanol–water partition coefficient (Wildman–Crippen LogP) is 0.301. The summed E-state index contributed by atoms with van der Waals surface area (Å²) in [4.78, 5) is 11.7. The van der Waals surface area contributed by atoms with Crippen molar-refractivity contribution in [3.8, 4) is 0 Å². The first-order valence-corrected chi connectivity index (χ1v) is 6.83. The highest BCUT2D eigenvalue weighted by atomic mass is 16.2. The van der Waals surface area contributed by atoms with Gasteiger partial charge in [0.2, 0.25) is 5.91 Å². The molecule has 2 heterocycles. The van der Waals surface area contributed by atoms with Gasteiger partial charge in [0.05, 0.1) is 18.3 Å². The quantitative estimate of drug-likeness (QED) is 0.847. The third-order valence-corrected chi connectivity index (χ3v) is 3.53. The third kappa shape index (κ3) is 3.01. The highest BCUT2D eigenvalue weighted by molar-refractivity contribution is 5.75. The monoisotopic (exact) mass is 275 g/mol. The predicted molar refractivity (Wildman–Crippen MR) is 69.4 cm³/mol. The molecule has 1 N–H and O–H groups in total. The Bertz CT molecular complexity index is 556. The molecule has 8 heteroatoms. The minimum absolute atomic E-state index is 0.121. The first-order valence-electron chi connectivity index (χ1n) is 6.83. The maximum atomic E-state index is 11.7. The molecule has 0 radical (unpaired) electrons. The summed E-state index contributed by atoms with van der Waals surface area (Å²) in [6.07, 6.45) is 8.37. The smallest absolute Gasteiger partial charge is 0.242 e. The second kappa shape index (κ2) is 5.81. The van der Waals surface area contributed by atoms with Crippen LogP contribution in [0.5, 0.6) is 0 Å². The number of amides is 1. The van der Waals surface area contributed by atoms with E-state index in [0.717, 1.165) is 5.69 Å². The van der Waals surface area contributed by atoms with Crippen molar-refractivity contribution < 1.29 is 4.79 Å². The Hall–Kier alpha value is -2.25. The summed E-state index contributed by atoms with van der Waals surface area (Å²) in [7, 11) is 0. The first kappa shape index (κ1) is 12.8. The lowest BCUT2D eigenvalue weighted by molar-refractivity contribution is -0.122. The number of aromatic nitrogens is 6. The maximum absolute atomic E-state index is 11.7. The van der Waals surface area contributed by atoms with Crippen LogP contribution < -0.4 is 5.32 Å². The second-order valence-corrected chi connectivity index (χ2v) is 5.01. The van der Waals surface area contributed by atoms with Crippen LogP contribution in [-0.2, 0) is 17.9 Å². The van der Waals surface area contributed by atoms with E-state index >= 15 is 0 Å². The fourth-order valence-corrected chi connectivity index (χ4v) is 2.49. The number of carbonyl (C=O) groups is 1. The van der Waals surface area contributed by atoms with Gasteiger partial charge in [0.25, 0.3) is 0 Å². The highest BCUT2D eigenvalue weighted by Gasteiger charge is 2.17. The molecular formula is C12H17N7O. The largest absolute Gasteiger partial charge is 0.349 e. The number of nitrogens with zero attached hydrogens (tertiary/aromatic N) is 6. The fraction of sp³-hybridized carbons (Fsp3) is 0.583. The molecule has 0 aliphatic heterocycles. The van der Waals surface area contributed by atoms with Crippen LogP contribution in [0.2, 0.25) is 0 Å². The van der Waals surface area contributed by atoms with E-state index < -0.39 is 0 Å². The fourth-order valence-electron chi connectivity index (χ4n) is 2.49. The lowest BCUT2D eigenvalue weighted by Crippen LogP contribution is -2.27. The average molecular weight is 275 g/mol. The molecule has 0 spiro atoms. The van der Waals surface area contributed by atoms with E-state index in [9.17, 15) is 4.79 Å². The van der Waals surface area contributed by atoms with Gasteiger partial charge in [0.15, 0.2) is 0 Å². The van der Waals surface area contributed by atoms with Crippen LogP contribution in [0.3, 0.4) is 0 Å². The van der Waals surface area contributed by atoms with Gasteiger partial charge in [-0.1, -0.05) is 12.8 Å². The van der Waals surface area contributed by atoms with Gasteiger partial charge < -0.3 is 5.32 Å². The summed E-state index contributed by atoms with van der Waals surface area (Å²) in [6, 6.07) is 2.48. The van der Waals surface area contributed by atoms with Gasteiger partial charge in [0.1, 0.15) is 12.9 Å². The van der Waals surface area contributed by atoms with Crippen molar-refractivity contribution >= 4 is 5.91 Å². The van der Waals surface area contributed by atoms with E-state index in [2.05, 4.69) is 25.9 Å². The molecule has 0 unspecified atom stereocenters. The van der Waals surface area contributed by atoms with Crippen LogP contribution >= 0.6 is 0 Å². The first-order chi connectivity index (χ1) is 9.81. The minimum Gasteiger partial charge on any atom is -0.349 e. The summed E-state index contributed by atoms with van der Waals surface area (Å²) in [5.41, 5.74) is 0.877. The zero-order chi connectivity index (χ0) is 13.8. The van der Waals surface area contributed by atoms with Gasteiger partial charge in [-0.05, 0) is 29.3 Å². The average Bonchev–Trinajstić information content (AvgIpc) is 3.18. The van der Waals surface area contributed by atoms with E-state index in [-0.39, 0.29) is 12.5 Å². The molecule has 1 aliphatic carbocycles. The molecule has 2 aromatic heterocycles. The molecule has 20 heavy (non-hydrogen) atoms. The Morgan fingerprint density at radius 3 is 3.00 bits per heavy atom. The lowest BCUT2D eigenvalue weighted by atomic mass is 10.3. The van der Waals surface area contributed by atoms with Crippen LogP contribution in [0.1, 0.15) is 37.4 Å². The molecule has 1 amide bonds. The van der Waals surface area contributed by atoms with Crippen LogP contribution in [-0.4, -0.2) is 35.9 Å². The Balaban J connectivity index is 1.49. The van der Waals surface area contributed by atoms with Crippen molar-refractivity contribution in [2.75, 3.05) is 0 Å². The Morgan fingerprint density at radius 2 is 2.25 bits per heavy atom. The molecule has 0 atom stereocenters. The second-order valence-electron chi connectivity index (χ2n) is 5.01. The minimum atomic E-state index is -0.132. The Kier molecular flexibility index (Phi) is 3.71. The summed E-state index contributed by atoms with van der Waals surface area (Å²) in [6.45, 7) is 0.553. The number of rotatable bonds is 5. The van der Waals surface area contributed by atoms with E-state index in [1.54, 1.807) is 0 Å². The number of hydrogen-bond donors (Lipinski definition) is 1. The number of hydrogen-bond acceptors (Lipinski definition) is 5. The van der Waals surface area contributed by atoms with Crippen molar-refractivity contribution in [3.63, 3.8) is 0 Å². The molecule has 1 aliphatic rings. The molecule has 0 aromatic carbocycles. The molecule has 8 nitrogen and oxygen atoms in total. The van der Waals surface area contributed by atoms with Crippen molar-refractivity contribution in [1.29, 1.82) is 0 Å². The summed E-state index contributed by atoms with van der Waals surface area (Å²) < 4.78 is 3.41. The van der Waals surface area contributed by atoms with E-state index in [0.29, 0.717) is 12.6 Å². The maximum Gasteiger partial charge on any atom is 0.242 e. The van der Waals surface area contributed by atoms with Crippen LogP contribution in [0, 0.1) is 0 Å². The summed E-state index contributed by atoms with van der Waals surface area (Å²) in [5, 5.41) is 17.9. The third-order valence-electron chi connectivity index (χ3n) is 3.53. The van der Waals surface area contributed by atoms with Crippen molar-refractivity contribution in [2.45, 2.75) is 44.8 Å². The van der Waals surface area contributed by atoms with Gasteiger partial charge in [-0.25, -0.2) is 4.68 Å². The van der Waals surface area contributed by atoms with Gasteiger partial charge in [-0.15, -0.1) is 5.10 Å². The normalized spacial score (nSPS) is 15.6. The Labute approximate surface area is 116 Å². The standard InChI is InChI=1S/C12H17N7O/c20-12(8-18-9-14-16-17-18)13-7-10-5-6-19(15-10)11-3-1-2-4-11/h5-6,9,11H,1-4,7-8H2,(H,13,20). The molecule has 0 bridgehead atoms. The van der Waals surface area contributed by atoms with Crippen LogP contribution in [0.15, 0.2) is 18.6 Å². The van der Waals surface area contributed by atoms with Crippen molar-refractivity contribution in [3.05, 3.63) is 24.3 Å². The molecule has 106 valence electrons. The molecule has 2 aromatic rings. The van der Waals surface area contributed by atoms with E-state index in [4.69, 9.17) is 0 Å².